The molecule has 246 valence electrons. The number of aliphatic hydroxyl groups is 4. The lowest BCUT2D eigenvalue weighted by Crippen LogP contribution is -2.75. The van der Waals surface area contributed by atoms with Gasteiger partial charge in [-0.15, -0.1) is 0 Å². The van der Waals surface area contributed by atoms with Crippen LogP contribution < -0.4 is 0 Å². The van der Waals surface area contributed by atoms with Gasteiger partial charge < -0.3 is 34.9 Å². The molecule has 0 spiro atoms. The molecule has 6 N–H and O–H groups in total. The number of hydrogen-bond acceptors (Lipinski definition) is 7. The molecule has 1 aliphatic heterocycles. The third kappa shape index (κ3) is 5.47. The van der Waals surface area contributed by atoms with Gasteiger partial charge in [-0.25, -0.2) is 4.57 Å². The van der Waals surface area contributed by atoms with Gasteiger partial charge >= 0.3 is 55.5 Å². The molecule has 1 aliphatic rings. The van der Waals surface area contributed by atoms with Crippen molar-refractivity contribution in [2.75, 3.05) is 6.61 Å². The standard InChI is InChI=1S/C14H12F17O9P/c15-7(16,5(34)3-2(32)4(33)6(35,40-3)1-39-41(36,37)38)8(17,18)9(19,20)10(21,22)11(23,24)12(25,26)13(27,28)14(29,30)31/h2-5,32-35H,1H2,(H2,36,37,38)/t2-,3+,4+,5-,6-/m1/s1. The van der Waals surface area contributed by atoms with Crippen molar-refractivity contribution in [1.82, 2.24) is 0 Å². The highest BCUT2D eigenvalue weighted by atomic mass is 31.2. The Balaban J connectivity index is 3.59. The van der Waals surface area contributed by atoms with E-state index >= 15 is 0 Å². The summed E-state index contributed by atoms with van der Waals surface area (Å²) in [6.07, 6.45) is -23.6. The van der Waals surface area contributed by atoms with E-state index in [0.29, 0.717) is 0 Å². The van der Waals surface area contributed by atoms with Gasteiger partial charge in [0.2, 0.25) is 5.79 Å². The van der Waals surface area contributed by atoms with Crippen LogP contribution in [0.2, 0.25) is 0 Å². The van der Waals surface area contributed by atoms with E-state index in [0.717, 1.165) is 0 Å². The molecule has 27 heteroatoms. The molecule has 1 saturated heterocycles. The van der Waals surface area contributed by atoms with Crippen LogP contribution in [-0.2, 0) is 13.8 Å². The predicted octanol–water partition coefficient (Wildman–Crippen LogP) is 2.28. The zero-order valence-corrected chi connectivity index (χ0v) is 19.2. The monoisotopic (exact) mass is 678 g/mol. The molecular weight excluding hydrogens is 666 g/mol. The predicted molar refractivity (Wildman–Crippen MR) is 86.5 cm³/mol. The van der Waals surface area contributed by atoms with Gasteiger partial charge in [0.05, 0.1) is 0 Å². The third-order valence-electron chi connectivity index (χ3n) is 5.33. The highest BCUT2D eigenvalue weighted by Gasteiger charge is 2.95. The lowest BCUT2D eigenvalue weighted by Gasteiger charge is -2.44. The van der Waals surface area contributed by atoms with Crippen LogP contribution in [0.3, 0.4) is 0 Å². The molecule has 1 heterocycles. The van der Waals surface area contributed by atoms with Crippen molar-refractivity contribution in [2.45, 2.75) is 77.8 Å². The average Bonchev–Trinajstić information content (AvgIpc) is 2.99. The van der Waals surface area contributed by atoms with E-state index in [9.17, 15) is 99.6 Å². The third-order valence-corrected chi connectivity index (χ3v) is 5.80. The molecule has 0 bridgehead atoms. The quantitative estimate of drug-likeness (QED) is 0.143. The minimum absolute atomic E-state index is 2.14. The molecule has 0 saturated carbocycles. The molecule has 0 unspecified atom stereocenters. The van der Waals surface area contributed by atoms with E-state index in [1.54, 1.807) is 0 Å². The maximum absolute atomic E-state index is 14.2. The molecule has 9 nitrogen and oxygen atoms in total. The zero-order chi connectivity index (χ0) is 33.4. The Kier molecular flexibility index (Phi) is 9.33. The summed E-state index contributed by atoms with van der Waals surface area (Å²) >= 11 is 0. The molecular formula is C14H12F17O9P. The van der Waals surface area contributed by atoms with E-state index in [2.05, 4.69) is 9.26 Å². The van der Waals surface area contributed by atoms with Gasteiger partial charge in [-0.05, 0) is 0 Å². The van der Waals surface area contributed by atoms with Crippen LogP contribution in [0.15, 0.2) is 0 Å². The minimum atomic E-state index is -8.96. The van der Waals surface area contributed by atoms with E-state index in [-0.39, 0.29) is 0 Å². The maximum atomic E-state index is 14.2. The number of aliphatic hydroxyl groups excluding tert-OH is 3. The fraction of sp³-hybridized carbons (Fsp3) is 1.00. The Morgan fingerprint density at radius 1 is 0.707 bits per heavy atom. The molecule has 5 atom stereocenters. The van der Waals surface area contributed by atoms with Crippen molar-refractivity contribution in [3.8, 4) is 0 Å². The molecule has 0 aromatic heterocycles. The zero-order valence-electron chi connectivity index (χ0n) is 18.3. The van der Waals surface area contributed by atoms with Gasteiger partial charge in [0, 0.05) is 0 Å². The number of alkyl halides is 17. The highest BCUT2D eigenvalue weighted by molar-refractivity contribution is 7.46. The Labute approximate surface area is 212 Å². The summed E-state index contributed by atoms with van der Waals surface area (Å²) in [5.41, 5.74) is 0. The lowest BCUT2D eigenvalue weighted by atomic mass is 9.86. The molecule has 0 radical (unpaired) electrons. The second-order valence-corrected chi connectivity index (χ2v) is 9.38. The fourth-order valence-electron chi connectivity index (χ4n) is 2.94. The van der Waals surface area contributed by atoms with Crippen LogP contribution in [0.1, 0.15) is 0 Å². The topological polar surface area (TPSA) is 157 Å². The summed E-state index contributed by atoms with van der Waals surface area (Å²) in [7, 11) is -5.70. The van der Waals surface area contributed by atoms with Crippen molar-refractivity contribution >= 4 is 7.82 Å². The van der Waals surface area contributed by atoms with Crippen molar-refractivity contribution in [3.05, 3.63) is 0 Å². The van der Waals surface area contributed by atoms with Crippen molar-refractivity contribution in [3.63, 3.8) is 0 Å². The molecule has 0 aromatic carbocycles. The summed E-state index contributed by atoms with van der Waals surface area (Å²) in [5, 5.41) is 38.2. The van der Waals surface area contributed by atoms with Crippen molar-refractivity contribution < 1.29 is 119 Å². The Morgan fingerprint density at radius 3 is 1.39 bits per heavy atom. The Bertz CT molecular complexity index is 1010. The number of phosphoric acid groups is 1. The first-order chi connectivity index (χ1) is 17.5. The highest BCUT2D eigenvalue weighted by Crippen LogP contribution is 2.64. The van der Waals surface area contributed by atoms with Crippen molar-refractivity contribution in [1.29, 1.82) is 0 Å². The Hall–Kier alpha value is -1.28. The van der Waals surface area contributed by atoms with Gasteiger partial charge in [0.25, 0.3) is 0 Å². The van der Waals surface area contributed by atoms with Crippen molar-refractivity contribution in [2.24, 2.45) is 0 Å². The summed E-state index contributed by atoms with van der Waals surface area (Å²) in [5.74, 6) is -63.7. The summed E-state index contributed by atoms with van der Waals surface area (Å²) in [4.78, 5) is 16.9. The van der Waals surface area contributed by atoms with Crippen LogP contribution in [0.5, 0.6) is 0 Å². The first kappa shape index (κ1) is 37.7. The summed E-state index contributed by atoms with van der Waals surface area (Å²) in [6, 6.07) is 0. The van der Waals surface area contributed by atoms with Gasteiger partial charge in [-0.3, -0.25) is 4.52 Å². The maximum Gasteiger partial charge on any atom is 0.469 e. The molecule has 0 aliphatic carbocycles. The fourth-order valence-corrected chi connectivity index (χ4v) is 3.29. The van der Waals surface area contributed by atoms with Crippen LogP contribution in [0.25, 0.3) is 0 Å². The minimum Gasteiger partial charge on any atom is -0.387 e. The van der Waals surface area contributed by atoms with Gasteiger partial charge in [0.1, 0.15) is 24.9 Å². The first-order valence-corrected chi connectivity index (χ1v) is 10.9. The van der Waals surface area contributed by atoms with Crippen LogP contribution in [0, 0.1) is 0 Å². The second-order valence-electron chi connectivity index (χ2n) is 8.14. The number of rotatable bonds is 11. The van der Waals surface area contributed by atoms with Crippen LogP contribution >= 0.6 is 7.82 Å². The van der Waals surface area contributed by atoms with Gasteiger partial charge in [-0.1, -0.05) is 0 Å². The van der Waals surface area contributed by atoms with E-state index in [4.69, 9.17) is 9.79 Å². The molecule has 1 rings (SSSR count). The summed E-state index contributed by atoms with van der Waals surface area (Å²) < 4.78 is 245. The van der Waals surface area contributed by atoms with E-state index < -0.39 is 92.3 Å². The van der Waals surface area contributed by atoms with Gasteiger partial charge in [0.15, 0.2) is 6.10 Å². The smallest absolute Gasteiger partial charge is 0.387 e. The first-order valence-electron chi connectivity index (χ1n) is 9.39. The average molecular weight is 678 g/mol. The number of halogens is 17. The van der Waals surface area contributed by atoms with E-state index in [1.807, 2.05) is 0 Å². The molecule has 41 heavy (non-hydrogen) atoms. The Morgan fingerprint density at radius 2 is 1.05 bits per heavy atom. The van der Waals surface area contributed by atoms with E-state index in [1.165, 1.54) is 0 Å². The molecule has 1 fully saturated rings. The van der Waals surface area contributed by atoms with Crippen LogP contribution in [0.4, 0.5) is 74.6 Å². The normalized spacial score (nSPS) is 27.3. The molecule has 0 aromatic rings. The lowest BCUT2D eigenvalue weighted by molar-refractivity contribution is -0.465. The summed E-state index contributed by atoms with van der Waals surface area (Å²) in [6.45, 7) is -2.14. The SMILES string of the molecule is O=P(O)(O)OC[C@@]1(O)O[C@H]([C@@H](O)C(F)(F)C(F)(F)C(F)(F)C(F)(F)C(F)(F)C(F)(F)C(F)(F)C(F)(F)F)[C@@H](O)[C@@H]1O. The van der Waals surface area contributed by atoms with Gasteiger partial charge in [-0.2, -0.15) is 74.6 Å². The number of hydrogen-bond donors (Lipinski definition) is 6. The van der Waals surface area contributed by atoms with Crippen LogP contribution in [-0.4, -0.2) is 115 Å². The molecule has 0 amide bonds. The number of ether oxygens (including phenoxy) is 1. The second kappa shape index (κ2) is 10.1. The largest absolute Gasteiger partial charge is 0.469 e. The number of phosphoric ester groups is 1.